The third-order valence-corrected chi connectivity index (χ3v) is 5.92. The highest BCUT2D eigenvalue weighted by molar-refractivity contribution is 7.89. The number of carboxylic acid groups (broad SMARTS) is 1. The van der Waals surface area contributed by atoms with Crippen LogP contribution in [0.1, 0.15) is 25.7 Å². The van der Waals surface area contributed by atoms with Crippen molar-refractivity contribution in [2.75, 3.05) is 13.7 Å². The van der Waals surface area contributed by atoms with E-state index in [1.54, 1.807) is 0 Å². The molecule has 1 N–H and O–H groups in total. The molecule has 6 nitrogen and oxygen atoms in total. The van der Waals surface area contributed by atoms with Crippen molar-refractivity contribution in [3.05, 3.63) is 23.2 Å². The smallest absolute Gasteiger partial charge is 0.304 e. The van der Waals surface area contributed by atoms with E-state index in [0.29, 0.717) is 24.4 Å². The highest BCUT2D eigenvalue weighted by Crippen LogP contribution is 2.33. The van der Waals surface area contributed by atoms with Crippen LogP contribution in [0, 0.1) is 0 Å². The summed E-state index contributed by atoms with van der Waals surface area (Å²) in [5, 5.41) is 9.37. The number of sulfonamides is 1. The molecule has 1 atom stereocenters. The molecule has 0 aliphatic carbocycles. The first kappa shape index (κ1) is 17.1. The molecule has 1 aliphatic heterocycles. The molecule has 1 aromatic rings. The summed E-state index contributed by atoms with van der Waals surface area (Å²) in [7, 11) is -2.46. The van der Waals surface area contributed by atoms with Crippen molar-refractivity contribution in [3.8, 4) is 5.75 Å². The number of ether oxygens (including phenoxy) is 1. The molecular weight excluding hydrogens is 330 g/mol. The maximum Gasteiger partial charge on any atom is 0.304 e. The zero-order valence-electron chi connectivity index (χ0n) is 12.2. The van der Waals surface area contributed by atoms with Crippen molar-refractivity contribution < 1.29 is 23.1 Å². The Balaban J connectivity index is 2.41. The molecule has 1 heterocycles. The molecule has 1 saturated heterocycles. The third kappa shape index (κ3) is 3.53. The van der Waals surface area contributed by atoms with Gasteiger partial charge >= 0.3 is 5.97 Å². The normalized spacial score (nSPS) is 19.8. The van der Waals surface area contributed by atoms with Crippen molar-refractivity contribution in [3.63, 3.8) is 0 Å². The number of methoxy groups -OCH3 is 1. The maximum atomic E-state index is 12.9. The standard InChI is InChI=1S/C14H18ClNO5S/c1-21-12-8-10(15)5-6-13(12)22(19,20)16-7-3-2-4-11(16)9-14(17)18/h5-6,8,11H,2-4,7,9H2,1H3,(H,17,18). The van der Waals surface area contributed by atoms with Crippen molar-refractivity contribution in [1.29, 1.82) is 0 Å². The molecule has 1 unspecified atom stereocenters. The number of aliphatic carboxylic acids is 1. The van der Waals surface area contributed by atoms with E-state index in [2.05, 4.69) is 0 Å². The van der Waals surface area contributed by atoms with E-state index in [9.17, 15) is 13.2 Å². The summed E-state index contributed by atoms with van der Waals surface area (Å²) in [5.74, 6) is -0.845. The van der Waals surface area contributed by atoms with E-state index in [1.807, 2.05) is 0 Å². The fourth-order valence-corrected chi connectivity index (χ4v) is 4.67. The number of nitrogens with zero attached hydrogens (tertiary/aromatic N) is 1. The maximum absolute atomic E-state index is 12.9. The van der Waals surface area contributed by atoms with Gasteiger partial charge in [-0.1, -0.05) is 18.0 Å². The third-order valence-electron chi connectivity index (χ3n) is 3.70. The summed E-state index contributed by atoms with van der Waals surface area (Å²) in [6.45, 7) is 0.312. The average Bonchev–Trinajstić information content (AvgIpc) is 2.46. The van der Waals surface area contributed by atoms with E-state index in [4.69, 9.17) is 21.4 Å². The van der Waals surface area contributed by atoms with Crippen LogP contribution in [0.2, 0.25) is 5.02 Å². The van der Waals surface area contributed by atoms with Crippen LogP contribution in [0.15, 0.2) is 23.1 Å². The van der Waals surface area contributed by atoms with Gasteiger partial charge in [-0.05, 0) is 25.0 Å². The van der Waals surface area contributed by atoms with Crippen LogP contribution in [0.4, 0.5) is 0 Å². The lowest BCUT2D eigenvalue weighted by Gasteiger charge is -2.34. The summed E-state index contributed by atoms with van der Waals surface area (Å²) in [6, 6.07) is 3.78. The summed E-state index contributed by atoms with van der Waals surface area (Å²) < 4.78 is 32.1. The van der Waals surface area contributed by atoms with Gasteiger partial charge in [0.15, 0.2) is 0 Å². The Labute approximate surface area is 134 Å². The van der Waals surface area contributed by atoms with Crippen LogP contribution in [0.3, 0.4) is 0 Å². The van der Waals surface area contributed by atoms with Crippen LogP contribution in [-0.2, 0) is 14.8 Å². The lowest BCUT2D eigenvalue weighted by Crippen LogP contribution is -2.44. The van der Waals surface area contributed by atoms with Gasteiger partial charge in [0.25, 0.3) is 0 Å². The van der Waals surface area contributed by atoms with Crippen LogP contribution in [0.25, 0.3) is 0 Å². The van der Waals surface area contributed by atoms with E-state index < -0.39 is 22.0 Å². The van der Waals surface area contributed by atoms with Crippen LogP contribution in [-0.4, -0.2) is 43.5 Å². The molecule has 2 rings (SSSR count). The SMILES string of the molecule is COc1cc(Cl)ccc1S(=O)(=O)N1CCCCC1CC(=O)O. The molecule has 0 bridgehead atoms. The van der Waals surface area contributed by atoms with Gasteiger partial charge in [-0.2, -0.15) is 4.31 Å². The van der Waals surface area contributed by atoms with Crippen molar-refractivity contribution in [2.45, 2.75) is 36.6 Å². The first-order valence-corrected chi connectivity index (χ1v) is 8.75. The average molecular weight is 348 g/mol. The van der Waals surface area contributed by atoms with E-state index in [1.165, 1.54) is 29.6 Å². The summed E-state index contributed by atoms with van der Waals surface area (Å²) >= 11 is 5.86. The first-order chi connectivity index (χ1) is 10.4. The van der Waals surface area contributed by atoms with E-state index >= 15 is 0 Å². The largest absolute Gasteiger partial charge is 0.495 e. The van der Waals surface area contributed by atoms with Crippen molar-refractivity contribution >= 4 is 27.6 Å². The highest BCUT2D eigenvalue weighted by atomic mass is 35.5. The zero-order chi connectivity index (χ0) is 16.3. The molecule has 0 aromatic heterocycles. The molecule has 8 heteroatoms. The highest BCUT2D eigenvalue weighted by Gasteiger charge is 2.36. The summed E-state index contributed by atoms with van der Waals surface area (Å²) in [5.41, 5.74) is 0. The van der Waals surface area contributed by atoms with Gasteiger partial charge < -0.3 is 9.84 Å². The number of piperidine rings is 1. The fraction of sp³-hybridized carbons (Fsp3) is 0.500. The molecule has 1 fully saturated rings. The van der Waals surface area contributed by atoms with Crippen LogP contribution in [0.5, 0.6) is 5.75 Å². The second-order valence-corrected chi connectivity index (χ2v) is 7.45. The van der Waals surface area contributed by atoms with Gasteiger partial charge in [0.1, 0.15) is 10.6 Å². The second-order valence-electron chi connectivity index (χ2n) is 5.16. The van der Waals surface area contributed by atoms with Crippen LogP contribution >= 0.6 is 11.6 Å². The molecule has 22 heavy (non-hydrogen) atoms. The summed E-state index contributed by atoms with van der Waals surface area (Å²) in [6.07, 6.45) is 1.88. The van der Waals surface area contributed by atoms with E-state index in [-0.39, 0.29) is 17.1 Å². The van der Waals surface area contributed by atoms with Gasteiger partial charge in [-0.3, -0.25) is 4.79 Å². The minimum Gasteiger partial charge on any atom is -0.495 e. The number of hydrogen-bond acceptors (Lipinski definition) is 4. The fourth-order valence-electron chi connectivity index (χ4n) is 2.68. The Hall–Kier alpha value is -1.31. The predicted octanol–water partition coefficient (Wildman–Crippen LogP) is 2.37. The van der Waals surface area contributed by atoms with E-state index in [0.717, 1.165) is 6.42 Å². The minimum atomic E-state index is -3.83. The molecule has 0 spiro atoms. The first-order valence-electron chi connectivity index (χ1n) is 6.93. The Morgan fingerprint density at radius 3 is 2.82 bits per heavy atom. The van der Waals surface area contributed by atoms with Crippen molar-refractivity contribution in [1.82, 2.24) is 4.31 Å². The Bertz CT molecular complexity index is 661. The molecular formula is C14H18ClNO5S. The van der Waals surface area contributed by atoms with Gasteiger partial charge in [-0.25, -0.2) is 8.42 Å². The molecule has 122 valence electrons. The number of carbonyl (C=O) groups is 1. The van der Waals surface area contributed by atoms with Gasteiger partial charge in [0.2, 0.25) is 10.0 Å². The van der Waals surface area contributed by atoms with Gasteiger partial charge in [0.05, 0.1) is 13.5 Å². The monoisotopic (exact) mass is 347 g/mol. The molecule has 0 saturated carbocycles. The quantitative estimate of drug-likeness (QED) is 0.884. The Kier molecular flexibility index (Phi) is 5.31. The Morgan fingerprint density at radius 2 is 2.18 bits per heavy atom. The predicted molar refractivity (Wildman–Crippen MR) is 81.8 cm³/mol. The topological polar surface area (TPSA) is 83.9 Å². The van der Waals surface area contributed by atoms with Gasteiger partial charge in [-0.15, -0.1) is 0 Å². The lowest BCUT2D eigenvalue weighted by molar-refractivity contribution is -0.138. The number of benzene rings is 1. The Morgan fingerprint density at radius 1 is 1.45 bits per heavy atom. The molecule has 1 aromatic carbocycles. The number of halogens is 1. The molecule has 0 amide bonds. The lowest BCUT2D eigenvalue weighted by atomic mass is 10.0. The zero-order valence-corrected chi connectivity index (χ0v) is 13.7. The molecule has 0 radical (unpaired) electrons. The summed E-state index contributed by atoms with van der Waals surface area (Å²) in [4.78, 5) is 11.0. The number of hydrogen-bond donors (Lipinski definition) is 1. The number of carboxylic acids is 1. The molecule has 1 aliphatic rings. The van der Waals surface area contributed by atoms with Crippen molar-refractivity contribution in [2.24, 2.45) is 0 Å². The van der Waals surface area contributed by atoms with Gasteiger partial charge in [0, 0.05) is 23.7 Å². The van der Waals surface area contributed by atoms with Crippen LogP contribution < -0.4 is 4.74 Å². The number of rotatable bonds is 5. The minimum absolute atomic E-state index is 0.0108. The second kappa shape index (κ2) is 6.85.